The van der Waals surface area contributed by atoms with Gasteiger partial charge in [-0.25, -0.2) is 8.78 Å². The quantitative estimate of drug-likeness (QED) is 0.725. The lowest BCUT2D eigenvalue weighted by Crippen LogP contribution is -2.38. The summed E-state index contributed by atoms with van der Waals surface area (Å²) in [5.41, 5.74) is 0. The highest BCUT2D eigenvalue weighted by Gasteiger charge is 2.32. The van der Waals surface area contributed by atoms with E-state index in [0.717, 1.165) is 0 Å². The van der Waals surface area contributed by atoms with Gasteiger partial charge < -0.3 is 5.32 Å². The van der Waals surface area contributed by atoms with Crippen LogP contribution in [0.1, 0.15) is 20.3 Å². The molecule has 1 fully saturated rings. The second-order valence-electron chi connectivity index (χ2n) is 4.00. The Morgan fingerprint density at radius 1 is 1.38 bits per heavy atom. The minimum absolute atomic E-state index is 0.263. The number of alkyl halides is 2. The van der Waals surface area contributed by atoms with Gasteiger partial charge in [0.25, 0.3) is 6.43 Å². The second kappa shape index (κ2) is 4.33. The third-order valence-corrected chi connectivity index (χ3v) is 2.84. The van der Waals surface area contributed by atoms with E-state index in [1.807, 2.05) is 7.05 Å². The summed E-state index contributed by atoms with van der Waals surface area (Å²) in [4.78, 5) is 2.15. The lowest BCUT2D eigenvalue weighted by molar-refractivity contribution is 0.102. The first kappa shape index (κ1) is 10.9. The molecule has 2 nitrogen and oxygen atoms in total. The molecule has 0 spiro atoms. The number of hydrogen-bond acceptors (Lipinski definition) is 2. The maximum Gasteiger partial charge on any atom is 0.253 e. The normalized spacial score (nSPS) is 29.5. The summed E-state index contributed by atoms with van der Waals surface area (Å²) in [6, 6.07) is 0.0772. The van der Waals surface area contributed by atoms with Gasteiger partial charge in [-0.1, -0.05) is 0 Å². The average Bonchev–Trinajstić information content (AvgIpc) is 2.50. The van der Waals surface area contributed by atoms with Crippen molar-refractivity contribution >= 4 is 0 Å². The summed E-state index contributed by atoms with van der Waals surface area (Å²) in [5.74, 6) is 0. The van der Waals surface area contributed by atoms with E-state index in [9.17, 15) is 8.78 Å². The molecule has 0 radical (unpaired) electrons. The van der Waals surface area contributed by atoms with Crippen LogP contribution in [0.15, 0.2) is 0 Å². The van der Waals surface area contributed by atoms with E-state index in [1.54, 1.807) is 0 Å². The predicted molar refractivity (Wildman–Crippen MR) is 49.1 cm³/mol. The van der Waals surface area contributed by atoms with E-state index in [0.29, 0.717) is 19.0 Å². The van der Waals surface area contributed by atoms with Gasteiger partial charge >= 0.3 is 0 Å². The van der Waals surface area contributed by atoms with Crippen LogP contribution in [0, 0.1) is 0 Å². The molecule has 0 saturated carbocycles. The maximum absolute atomic E-state index is 12.3. The van der Waals surface area contributed by atoms with E-state index in [2.05, 4.69) is 24.1 Å². The van der Waals surface area contributed by atoms with E-state index in [1.165, 1.54) is 0 Å². The molecule has 0 amide bonds. The molecule has 1 unspecified atom stereocenters. The van der Waals surface area contributed by atoms with Gasteiger partial charge in [0.05, 0.1) is 6.04 Å². The Morgan fingerprint density at radius 3 is 2.38 bits per heavy atom. The summed E-state index contributed by atoms with van der Waals surface area (Å²) in [7, 11) is 1.99. The lowest BCUT2D eigenvalue weighted by atomic mass is 10.1. The Hall–Kier alpha value is -0.220. The maximum atomic E-state index is 12.3. The molecule has 4 heteroatoms. The summed E-state index contributed by atoms with van der Waals surface area (Å²) in [5, 5.41) is 2.85. The monoisotopic (exact) mass is 192 g/mol. The zero-order valence-corrected chi connectivity index (χ0v) is 8.43. The Labute approximate surface area is 78.3 Å². The third-order valence-electron chi connectivity index (χ3n) is 2.84. The smallest absolute Gasteiger partial charge is 0.253 e. The van der Waals surface area contributed by atoms with Gasteiger partial charge in [0, 0.05) is 18.6 Å². The minimum atomic E-state index is -2.23. The number of hydrogen-bond donors (Lipinski definition) is 1. The molecule has 0 aromatic carbocycles. The third kappa shape index (κ3) is 2.61. The van der Waals surface area contributed by atoms with Crippen LogP contribution in [0.4, 0.5) is 8.78 Å². The number of halogens is 2. The molecule has 0 aromatic heterocycles. The van der Waals surface area contributed by atoms with Crippen LogP contribution in [-0.2, 0) is 0 Å². The van der Waals surface area contributed by atoms with Crippen LogP contribution < -0.4 is 5.32 Å². The Bertz CT molecular complexity index is 162. The topological polar surface area (TPSA) is 15.3 Å². The molecule has 1 saturated heterocycles. The highest BCUT2D eigenvalue weighted by Crippen LogP contribution is 2.18. The fraction of sp³-hybridized carbons (Fsp3) is 1.00. The molecule has 1 aliphatic rings. The van der Waals surface area contributed by atoms with E-state index in [-0.39, 0.29) is 6.04 Å². The van der Waals surface area contributed by atoms with E-state index >= 15 is 0 Å². The fourth-order valence-electron chi connectivity index (χ4n) is 1.67. The molecular weight excluding hydrogens is 174 g/mol. The number of likely N-dealkylation sites (N-methyl/N-ethyl adjacent to an activating group) is 1. The predicted octanol–water partition coefficient (Wildman–Crippen LogP) is 1.32. The molecule has 1 rings (SSSR count). The van der Waals surface area contributed by atoms with Crippen LogP contribution in [0.3, 0.4) is 0 Å². The molecule has 13 heavy (non-hydrogen) atoms. The second-order valence-corrected chi connectivity index (χ2v) is 4.00. The molecule has 0 bridgehead atoms. The first-order chi connectivity index (χ1) is 6.02. The molecule has 0 aromatic rings. The molecule has 2 atom stereocenters. The van der Waals surface area contributed by atoms with Gasteiger partial charge in [0.15, 0.2) is 0 Å². The molecular formula is C9H18F2N2. The number of nitrogens with zero attached hydrogens (tertiary/aromatic N) is 1. The summed E-state index contributed by atoms with van der Waals surface area (Å²) < 4.78 is 24.6. The standard InChI is InChI=1S/C9H18F2N2/c1-6(2)13(3)7-4-8(9(10)11)12-5-7/h6-9,12H,4-5H2,1-3H3/t7-,8?/m1/s1. The zero-order chi connectivity index (χ0) is 10.0. The lowest BCUT2D eigenvalue weighted by Gasteiger charge is -2.27. The average molecular weight is 192 g/mol. The summed E-state index contributed by atoms with van der Waals surface area (Å²) in [6.45, 7) is 4.84. The SMILES string of the molecule is CC(C)N(C)[C@H]1CNC(C(F)F)C1. The van der Waals surface area contributed by atoms with Crippen molar-refractivity contribution in [3.63, 3.8) is 0 Å². The van der Waals surface area contributed by atoms with E-state index in [4.69, 9.17) is 0 Å². The van der Waals surface area contributed by atoms with Crippen molar-refractivity contribution in [3.8, 4) is 0 Å². The van der Waals surface area contributed by atoms with Crippen molar-refractivity contribution in [2.45, 2.75) is 44.8 Å². The van der Waals surface area contributed by atoms with Crippen LogP contribution in [0.2, 0.25) is 0 Å². The first-order valence-corrected chi connectivity index (χ1v) is 4.76. The molecule has 1 aliphatic heterocycles. The minimum Gasteiger partial charge on any atom is -0.307 e. The summed E-state index contributed by atoms with van der Waals surface area (Å²) in [6.07, 6.45) is -1.67. The number of rotatable bonds is 3. The van der Waals surface area contributed by atoms with Gasteiger partial charge in [0.2, 0.25) is 0 Å². The van der Waals surface area contributed by atoms with Crippen molar-refractivity contribution in [1.29, 1.82) is 0 Å². The van der Waals surface area contributed by atoms with Crippen molar-refractivity contribution < 1.29 is 8.78 Å². The van der Waals surface area contributed by atoms with Gasteiger partial charge in [-0.3, -0.25) is 4.90 Å². The highest BCUT2D eigenvalue weighted by molar-refractivity contribution is 4.89. The van der Waals surface area contributed by atoms with Crippen LogP contribution >= 0.6 is 0 Å². The van der Waals surface area contributed by atoms with Crippen molar-refractivity contribution in [2.75, 3.05) is 13.6 Å². The Kier molecular flexibility index (Phi) is 3.62. The van der Waals surface area contributed by atoms with Crippen LogP contribution in [-0.4, -0.2) is 43.0 Å². The largest absolute Gasteiger partial charge is 0.307 e. The zero-order valence-electron chi connectivity index (χ0n) is 8.43. The Balaban J connectivity index is 2.40. The van der Waals surface area contributed by atoms with Gasteiger partial charge in [-0.2, -0.15) is 0 Å². The van der Waals surface area contributed by atoms with Crippen molar-refractivity contribution in [3.05, 3.63) is 0 Å². The van der Waals surface area contributed by atoms with Gasteiger partial charge in [-0.15, -0.1) is 0 Å². The summed E-state index contributed by atoms with van der Waals surface area (Å²) >= 11 is 0. The molecule has 78 valence electrons. The van der Waals surface area contributed by atoms with Crippen LogP contribution in [0.5, 0.6) is 0 Å². The molecule has 0 aliphatic carbocycles. The number of nitrogens with one attached hydrogen (secondary N) is 1. The van der Waals surface area contributed by atoms with Gasteiger partial charge in [0.1, 0.15) is 0 Å². The van der Waals surface area contributed by atoms with Gasteiger partial charge in [-0.05, 0) is 27.3 Å². The van der Waals surface area contributed by atoms with Crippen molar-refractivity contribution in [2.24, 2.45) is 0 Å². The van der Waals surface area contributed by atoms with Crippen LogP contribution in [0.25, 0.3) is 0 Å². The fourth-order valence-corrected chi connectivity index (χ4v) is 1.67. The highest BCUT2D eigenvalue weighted by atomic mass is 19.3. The molecule has 1 N–H and O–H groups in total. The molecule has 1 heterocycles. The first-order valence-electron chi connectivity index (χ1n) is 4.76. The van der Waals surface area contributed by atoms with E-state index < -0.39 is 12.5 Å². The van der Waals surface area contributed by atoms with Crippen molar-refractivity contribution in [1.82, 2.24) is 10.2 Å². The Morgan fingerprint density at radius 2 is 2.00 bits per heavy atom.